The van der Waals surface area contributed by atoms with E-state index in [0.29, 0.717) is 33.9 Å². The number of nitrogens with two attached hydrogens (primary N) is 1. The molecule has 0 bridgehead atoms. The van der Waals surface area contributed by atoms with E-state index < -0.39 is 0 Å². The van der Waals surface area contributed by atoms with Crippen molar-refractivity contribution in [2.45, 2.75) is 38.1 Å². The van der Waals surface area contributed by atoms with Crippen molar-refractivity contribution < 1.29 is 19.1 Å². The number of ether oxygens (including phenoxy) is 2. The van der Waals surface area contributed by atoms with Crippen LogP contribution in [0.15, 0.2) is 24.3 Å². The second-order valence-corrected chi connectivity index (χ2v) is 10.3. The minimum atomic E-state index is -0.186. The first kappa shape index (κ1) is 25.8. The second kappa shape index (κ2) is 12.1. The molecule has 3 N–H and O–H groups in total. The van der Waals surface area contributed by atoms with Crippen LogP contribution in [0.1, 0.15) is 42.5 Å². The largest absolute Gasteiger partial charge is 0.496 e. The summed E-state index contributed by atoms with van der Waals surface area (Å²) in [6.45, 7) is 6.15. The highest BCUT2D eigenvalue weighted by Crippen LogP contribution is 2.29. The average Bonchev–Trinajstić information content (AvgIpc) is 3.39. The normalized spacial score (nSPS) is 22.6. The Kier molecular flexibility index (Phi) is 8.92. The number of benzene rings is 1. The third-order valence-corrected chi connectivity index (χ3v) is 7.73. The molecule has 4 rings (SSSR count). The summed E-state index contributed by atoms with van der Waals surface area (Å²) in [7, 11) is 1.51. The summed E-state index contributed by atoms with van der Waals surface area (Å²) in [6, 6.07) is 3.27. The predicted octanol–water partition coefficient (Wildman–Crippen LogP) is 2.96. The summed E-state index contributed by atoms with van der Waals surface area (Å²) in [4.78, 5) is 29.8. The van der Waals surface area contributed by atoms with Gasteiger partial charge in [0.05, 0.1) is 30.0 Å². The molecule has 1 unspecified atom stereocenters. The summed E-state index contributed by atoms with van der Waals surface area (Å²) in [5.41, 5.74) is 6.62. The zero-order chi connectivity index (χ0) is 24.8. The molecule has 0 saturated carbocycles. The molecule has 1 aromatic rings. The maximum Gasteiger partial charge on any atom is 0.255 e. The molecule has 3 fully saturated rings. The molecule has 1 aromatic carbocycles. The van der Waals surface area contributed by atoms with E-state index >= 15 is 0 Å². The number of halogens is 1. The number of nitrogens with one attached hydrogen (secondary N) is 1. The van der Waals surface area contributed by atoms with Crippen molar-refractivity contribution in [3.8, 4) is 5.75 Å². The quantitative estimate of drug-likeness (QED) is 0.437. The number of carbonyl (C=O) groups is 2. The van der Waals surface area contributed by atoms with Gasteiger partial charge in [-0.05, 0) is 50.2 Å². The maximum atomic E-state index is 12.8. The van der Waals surface area contributed by atoms with Gasteiger partial charge in [0.2, 0.25) is 5.91 Å². The average molecular weight is 505 g/mol. The maximum absolute atomic E-state index is 12.8. The molecule has 0 radical (unpaired) electrons. The molecule has 0 aromatic heterocycles. The van der Waals surface area contributed by atoms with Crippen LogP contribution < -0.4 is 15.8 Å². The van der Waals surface area contributed by atoms with Gasteiger partial charge in [-0.3, -0.25) is 9.59 Å². The van der Waals surface area contributed by atoms with E-state index in [1.165, 1.54) is 7.11 Å². The fourth-order valence-electron chi connectivity index (χ4n) is 5.17. The zero-order valence-electron chi connectivity index (χ0n) is 20.5. The number of hydrogen-bond acceptors (Lipinski definition) is 6. The first-order valence-corrected chi connectivity index (χ1v) is 13.0. The Labute approximate surface area is 212 Å². The molecule has 1 atom stereocenters. The van der Waals surface area contributed by atoms with Gasteiger partial charge in [0.15, 0.2) is 0 Å². The minimum Gasteiger partial charge on any atom is -0.496 e. The third-order valence-electron chi connectivity index (χ3n) is 7.40. The van der Waals surface area contributed by atoms with Gasteiger partial charge < -0.3 is 30.3 Å². The van der Waals surface area contributed by atoms with E-state index in [4.69, 9.17) is 26.8 Å². The SMILES string of the molecule is COc1cc(N)c(Cl)cc1C(=O)NC1CCN(CC2CCN(C(=O)/C=C/C3CCOC3)CC2)CC1. The lowest BCUT2D eigenvalue weighted by atomic mass is 9.94. The van der Waals surface area contributed by atoms with Crippen molar-refractivity contribution >= 4 is 29.1 Å². The van der Waals surface area contributed by atoms with Gasteiger partial charge in [-0.25, -0.2) is 0 Å². The van der Waals surface area contributed by atoms with Crippen LogP contribution in [0.2, 0.25) is 5.02 Å². The van der Waals surface area contributed by atoms with E-state index in [-0.39, 0.29) is 17.9 Å². The molecule has 3 heterocycles. The van der Waals surface area contributed by atoms with Crippen LogP contribution in [-0.4, -0.2) is 80.7 Å². The standard InChI is InChI=1S/C26H37ClN4O4/c1-34-24-15-23(28)22(27)14-21(24)26(33)29-20-6-9-30(10-7-20)16-18-4-11-31(12-5-18)25(32)3-2-19-8-13-35-17-19/h2-3,14-15,18-20H,4-13,16-17,28H2,1H3,(H,29,33)/b3-2+. The minimum absolute atomic E-state index is 0.122. The van der Waals surface area contributed by atoms with E-state index in [2.05, 4.69) is 10.2 Å². The van der Waals surface area contributed by atoms with Gasteiger partial charge in [-0.15, -0.1) is 0 Å². The Hall–Kier alpha value is -2.29. The number of anilines is 1. The smallest absolute Gasteiger partial charge is 0.255 e. The molecule has 35 heavy (non-hydrogen) atoms. The monoisotopic (exact) mass is 504 g/mol. The molecule has 3 saturated heterocycles. The predicted molar refractivity (Wildman–Crippen MR) is 137 cm³/mol. The number of methoxy groups -OCH3 is 1. The lowest BCUT2D eigenvalue weighted by Gasteiger charge is -2.37. The first-order valence-electron chi connectivity index (χ1n) is 12.6. The van der Waals surface area contributed by atoms with E-state index in [0.717, 1.165) is 78.0 Å². The van der Waals surface area contributed by atoms with Gasteiger partial charge in [0.25, 0.3) is 5.91 Å². The third kappa shape index (κ3) is 6.90. The van der Waals surface area contributed by atoms with Crippen LogP contribution >= 0.6 is 11.6 Å². The van der Waals surface area contributed by atoms with Gasteiger partial charge in [-0.1, -0.05) is 17.7 Å². The number of rotatable bonds is 7. The molecule has 3 aliphatic rings. The Balaban J connectivity index is 1.17. The number of piperidine rings is 2. The molecule has 192 valence electrons. The Morgan fingerprint density at radius 2 is 1.91 bits per heavy atom. The zero-order valence-corrected chi connectivity index (χ0v) is 21.3. The van der Waals surface area contributed by atoms with Gasteiger partial charge in [-0.2, -0.15) is 0 Å². The van der Waals surface area contributed by atoms with Crippen LogP contribution in [-0.2, 0) is 9.53 Å². The summed E-state index contributed by atoms with van der Waals surface area (Å²) in [5.74, 6) is 1.36. The Morgan fingerprint density at radius 3 is 2.57 bits per heavy atom. The molecule has 9 heteroatoms. The number of amides is 2. The number of nitrogen functional groups attached to an aromatic ring is 1. The molecule has 0 spiro atoms. The molecule has 3 aliphatic heterocycles. The Bertz CT molecular complexity index is 918. The van der Waals surface area contributed by atoms with Gasteiger partial charge >= 0.3 is 0 Å². The van der Waals surface area contributed by atoms with Crippen LogP contribution in [0.5, 0.6) is 5.75 Å². The molecular formula is C26H37ClN4O4. The number of nitrogens with zero attached hydrogens (tertiary/aromatic N) is 2. The fraction of sp³-hybridized carbons (Fsp3) is 0.615. The Morgan fingerprint density at radius 1 is 1.17 bits per heavy atom. The lowest BCUT2D eigenvalue weighted by molar-refractivity contribution is -0.127. The highest BCUT2D eigenvalue weighted by molar-refractivity contribution is 6.33. The molecule has 2 amide bonds. The summed E-state index contributed by atoms with van der Waals surface area (Å²) in [6.07, 6.45) is 8.67. The summed E-state index contributed by atoms with van der Waals surface area (Å²) < 4.78 is 10.7. The van der Waals surface area contributed by atoms with E-state index in [1.54, 1.807) is 18.2 Å². The van der Waals surface area contributed by atoms with Crippen molar-refractivity contribution in [2.75, 3.05) is 58.8 Å². The van der Waals surface area contributed by atoms with Crippen molar-refractivity contribution in [3.05, 3.63) is 34.9 Å². The van der Waals surface area contributed by atoms with Crippen molar-refractivity contribution in [1.82, 2.24) is 15.1 Å². The van der Waals surface area contributed by atoms with E-state index in [9.17, 15) is 9.59 Å². The summed E-state index contributed by atoms with van der Waals surface area (Å²) in [5, 5.41) is 3.47. The molecule has 8 nitrogen and oxygen atoms in total. The van der Waals surface area contributed by atoms with Crippen molar-refractivity contribution in [1.29, 1.82) is 0 Å². The van der Waals surface area contributed by atoms with Gasteiger partial charge in [0.1, 0.15) is 5.75 Å². The van der Waals surface area contributed by atoms with Gasteiger partial charge in [0, 0.05) is 57.4 Å². The summed E-state index contributed by atoms with van der Waals surface area (Å²) >= 11 is 6.11. The highest BCUT2D eigenvalue weighted by Gasteiger charge is 2.27. The van der Waals surface area contributed by atoms with Crippen molar-refractivity contribution in [2.24, 2.45) is 11.8 Å². The van der Waals surface area contributed by atoms with E-state index in [1.807, 2.05) is 11.0 Å². The topological polar surface area (TPSA) is 97.1 Å². The van der Waals surface area contributed by atoms with Crippen LogP contribution in [0.4, 0.5) is 5.69 Å². The fourth-order valence-corrected chi connectivity index (χ4v) is 5.33. The van der Waals surface area contributed by atoms with Crippen LogP contribution in [0.3, 0.4) is 0 Å². The molecular weight excluding hydrogens is 468 g/mol. The first-order chi connectivity index (χ1) is 16.9. The van der Waals surface area contributed by atoms with Crippen molar-refractivity contribution in [3.63, 3.8) is 0 Å². The number of hydrogen-bond donors (Lipinski definition) is 2. The van der Waals surface area contributed by atoms with Crippen LogP contribution in [0, 0.1) is 11.8 Å². The molecule has 0 aliphatic carbocycles. The lowest BCUT2D eigenvalue weighted by Crippen LogP contribution is -2.47. The number of likely N-dealkylation sites (tertiary alicyclic amines) is 2. The van der Waals surface area contributed by atoms with Crippen LogP contribution in [0.25, 0.3) is 0 Å². The highest BCUT2D eigenvalue weighted by atomic mass is 35.5. The second-order valence-electron chi connectivity index (χ2n) is 9.87. The number of carbonyl (C=O) groups excluding carboxylic acids is 2.